The SMILES string of the molecule is CS(=O)(=O)N1CCC(c2cc(-c3ccc(-c4ccn(-c5ccc(F)cc5)c(=O)c4C(N)=O)cc3)c3c(N)ncnn23)CC1. The first-order chi connectivity index (χ1) is 20.5. The number of nitrogen functional groups attached to an aromatic ring is 1. The Kier molecular flexibility index (Phi) is 7.06. The molecule has 6 rings (SSSR count). The number of fused-ring (bicyclic) bond motifs is 1. The van der Waals surface area contributed by atoms with Gasteiger partial charge >= 0.3 is 0 Å². The Bertz CT molecular complexity index is 2030. The largest absolute Gasteiger partial charge is 0.382 e. The van der Waals surface area contributed by atoms with E-state index in [0.29, 0.717) is 54.1 Å². The number of rotatable bonds is 6. The number of halogens is 1. The van der Waals surface area contributed by atoms with Crippen molar-refractivity contribution in [2.24, 2.45) is 5.73 Å². The zero-order valence-electron chi connectivity index (χ0n) is 23.1. The molecule has 43 heavy (non-hydrogen) atoms. The Morgan fingerprint density at radius 2 is 1.60 bits per heavy atom. The molecule has 0 aliphatic carbocycles. The molecule has 3 aromatic heterocycles. The summed E-state index contributed by atoms with van der Waals surface area (Å²) in [5.41, 5.74) is 15.7. The van der Waals surface area contributed by atoms with Crippen molar-refractivity contribution in [3.8, 4) is 27.9 Å². The second-order valence-corrected chi connectivity index (χ2v) is 12.5. The van der Waals surface area contributed by atoms with Crippen LogP contribution in [0.15, 0.2) is 78.0 Å². The number of primary amides is 1. The Morgan fingerprint density at radius 1 is 0.977 bits per heavy atom. The monoisotopic (exact) mass is 601 g/mol. The van der Waals surface area contributed by atoms with Crippen LogP contribution < -0.4 is 17.0 Å². The van der Waals surface area contributed by atoms with Crippen molar-refractivity contribution in [2.45, 2.75) is 18.8 Å². The Balaban J connectivity index is 1.37. The topological polar surface area (TPSA) is 159 Å². The summed E-state index contributed by atoms with van der Waals surface area (Å²) in [5.74, 6) is -0.958. The van der Waals surface area contributed by atoms with Gasteiger partial charge in [-0.25, -0.2) is 26.6 Å². The Morgan fingerprint density at radius 3 is 2.21 bits per heavy atom. The summed E-state index contributed by atoms with van der Waals surface area (Å²) in [6.45, 7) is 0.840. The molecule has 1 fully saturated rings. The van der Waals surface area contributed by atoms with Crippen molar-refractivity contribution < 1.29 is 17.6 Å². The normalized spacial score (nSPS) is 14.7. The molecular formula is C30H28FN7O4S. The van der Waals surface area contributed by atoms with Gasteiger partial charge in [-0.15, -0.1) is 0 Å². The first kappa shape index (κ1) is 28.2. The average Bonchev–Trinajstić information content (AvgIpc) is 3.38. The fourth-order valence-corrected chi connectivity index (χ4v) is 6.61. The number of benzene rings is 2. The van der Waals surface area contributed by atoms with Crippen LogP contribution in [0.5, 0.6) is 0 Å². The molecule has 5 aromatic rings. The van der Waals surface area contributed by atoms with Gasteiger partial charge in [0.15, 0.2) is 5.82 Å². The molecule has 13 heteroatoms. The highest BCUT2D eigenvalue weighted by molar-refractivity contribution is 7.88. The number of carbonyl (C=O) groups excluding carboxylic acids is 1. The van der Waals surface area contributed by atoms with Crippen molar-refractivity contribution in [3.05, 3.63) is 101 Å². The van der Waals surface area contributed by atoms with E-state index in [9.17, 15) is 22.4 Å². The smallest absolute Gasteiger partial charge is 0.268 e. The van der Waals surface area contributed by atoms with Crippen molar-refractivity contribution >= 4 is 27.3 Å². The van der Waals surface area contributed by atoms with Gasteiger partial charge in [-0.05, 0) is 60.4 Å². The standard InChI is InChI=1S/C30H28FN7O4S/c1-43(41,42)36-13-10-20(11-14-36)25-16-24(27-28(32)34-17-35-38(25)27)19-4-2-18(3-5-19)23-12-15-37(30(40)26(23)29(33)39)22-8-6-21(31)7-9-22/h2-9,12,15-17,20H,10-11,13-14H2,1H3,(H2,33,39)(H2,32,34,35). The van der Waals surface area contributed by atoms with E-state index in [-0.39, 0.29) is 11.5 Å². The second kappa shape index (κ2) is 10.7. The number of sulfonamides is 1. The van der Waals surface area contributed by atoms with Gasteiger partial charge in [0.05, 0.1) is 6.26 Å². The number of nitrogens with zero attached hydrogens (tertiary/aromatic N) is 5. The highest BCUT2D eigenvalue weighted by atomic mass is 32.2. The maximum absolute atomic E-state index is 13.4. The maximum Gasteiger partial charge on any atom is 0.268 e. The van der Waals surface area contributed by atoms with Crippen molar-refractivity contribution in [2.75, 3.05) is 25.1 Å². The van der Waals surface area contributed by atoms with Crippen LogP contribution in [0.4, 0.5) is 10.2 Å². The van der Waals surface area contributed by atoms with Crippen molar-refractivity contribution in [1.29, 1.82) is 0 Å². The zero-order chi connectivity index (χ0) is 30.5. The van der Waals surface area contributed by atoms with E-state index in [1.54, 1.807) is 22.7 Å². The van der Waals surface area contributed by atoms with E-state index in [1.165, 1.54) is 51.9 Å². The molecule has 220 valence electrons. The molecule has 11 nitrogen and oxygen atoms in total. The van der Waals surface area contributed by atoms with Crippen LogP contribution in [0.1, 0.15) is 34.8 Å². The van der Waals surface area contributed by atoms with Crippen LogP contribution in [-0.2, 0) is 10.0 Å². The zero-order valence-corrected chi connectivity index (χ0v) is 24.0. The number of hydrogen-bond donors (Lipinski definition) is 2. The molecule has 1 saturated heterocycles. The van der Waals surface area contributed by atoms with E-state index in [0.717, 1.165) is 16.8 Å². The van der Waals surface area contributed by atoms with Gasteiger partial charge in [0, 0.05) is 47.7 Å². The number of anilines is 1. The first-order valence-electron chi connectivity index (χ1n) is 13.5. The van der Waals surface area contributed by atoms with Crippen LogP contribution in [0.25, 0.3) is 33.5 Å². The molecule has 0 atom stereocenters. The number of pyridine rings is 1. The minimum Gasteiger partial charge on any atom is -0.382 e. The van der Waals surface area contributed by atoms with Gasteiger partial charge in [-0.3, -0.25) is 14.2 Å². The molecule has 1 aliphatic heterocycles. The van der Waals surface area contributed by atoms with Crippen LogP contribution in [0.3, 0.4) is 0 Å². The molecule has 1 amide bonds. The van der Waals surface area contributed by atoms with Gasteiger partial charge in [0.1, 0.15) is 23.2 Å². The number of amides is 1. The minimum atomic E-state index is -3.26. The lowest BCUT2D eigenvalue weighted by atomic mass is 9.93. The van der Waals surface area contributed by atoms with E-state index >= 15 is 0 Å². The van der Waals surface area contributed by atoms with Crippen LogP contribution >= 0.6 is 0 Å². The fourth-order valence-electron chi connectivity index (χ4n) is 5.74. The van der Waals surface area contributed by atoms with Crippen molar-refractivity contribution in [3.63, 3.8) is 0 Å². The molecule has 2 aromatic carbocycles. The van der Waals surface area contributed by atoms with E-state index in [2.05, 4.69) is 10.1 Å². The third-order valence-electron chi connectivity index (χ3n) is 7.90. The van der Waals surface area contributed by atoms with Gasteiger partial charge in [-0.1, -0.05) is 24.3 Å². The summed E-state index contributed by atoms with van der Waals surface area (Å²) in [6, 6.07) is 16.2. The molecule has 0 saturated carbocycles. The quantitative estimate of drug-likeness (QED) is 0.302. The third-order valence-corrected chi connectivity index (χ3v) is 9.21. The summed E-state index contributed by atoms with van der Waals surface area (Å²) in [7, 11) is -3.26. The maximum atomic E-state index is 13.4. The Labute approximate surface area is 246 Å². The fraction of sp³-hybridized carbons (Fsp3) is 0.200. The second-order valence-electron chi connectivity index (χ2n) is 10.5. The molecular weight excluding hydrogens is 573 g/mol. The first-order valence-corrected chi connectivity index (χ1v) is 15.4. The number of hydrogen-bond acceptors (Lipinski definition) is 7. The van der Waals surface area contributed by atoms with E-state index in [1.807, 2.05) is 18.2 Å². The van der Waals surface area contributed by atoms with Crippen LogP contribution in [0, 0.1) is 5.82 Å². The lowest BCUT2D eigenvalue weighted by Gasteiger charge is -2.29. The number of nitrogens with two attached hydrogens (primary N) is 2. The summed E-state index contributed by atoms with van der Waals surface area (Å²) in [5, 5.41) is 4.46. The van der Waals surface area contributed by atoms with Crippen LogP contribution in [-0.4, -0.2) is 57.1 Å². The van der Waals surface area contributed by atoms with Crippen molar-refractivity contribution in [1.82, 2.24) is 23.5 Å². The predicted molar refractivity (Wildman–Crippen MR) is 161 cm³/mol. The highest BCUT2D eigenvalue weighted by Gasteiger charge is 2.29. The molecule has 0 bridgehead atoms. The molecule has 0 spiro atoms. The third kappa shape index (κ3) is 5.17. The molecule has 0 unspecified atom stereocenters. The van der Waals surface area contributed by atoms with Gasteiger partial charge in [0.25, 0.3) is 11.5 Å². The number of aromatic nitrogens is 4. The number of carbonyl (C=O) groups is 1. The minimum absolute atomic E-state index is 0.0681. The Hall–Kier alpha value is -4.88. The molecule has 4 heterocycles. The average molecular weight is 602 g/mol. The lowest BCUT2D eigenvalue weighted by Crippen LogP contribution is -2.37. The summed E-state index contributed by atoms with van der Waals surface area (Å²) >= 11 is 0. The number of piperidine rings is 1. The van der Waals surface area contributed by atoms with Gasteiger partial charge in [-0.2, -0.15) is 5.10 Å². The summed E-state index contributed by atoms with van der Waals surface area (Å²) in [4.78, 5) is 29.9. The predicted octanol–water partition coefficient (Wildman–Crippen LogP) is 3.17. The van der Waals surface area contributed by atoms with Crippen LogP contribution in [0.2, 0.25) is 0 Å². The molecule has 1 aliphatic rings. The summed E-state index contributed by atoms with van der Waals surface area (Å²) < 4.78 is 41.9. The summed E-state index contributed by atoms with van der Waals surface area (Å²) in [6.07, 6.45) is 5.41. The highest BCUT2D eigenvalue weighted by Crippen LogP contribution is 2.37. The lowest BCUT2D eigenvalue weighted by molar-refractivity contribution is 0.0999. The molecule has 0 radical (unpaired) electrons. The van der Waals surface area contributed by atoms with Gasteiger partial charge < -0.3 is 11.5 Å². The van der Waals surface area contributed by atoms with E-state index < -0.39 is 27.3 Å². The van der Waals surface area contributed by atoms with E-state index in [4.69, 9.17) is 11.5 Å². The molecule has 4 N–H and O–H groups in total. The van der Waals surface area contributed by atoms with Gasteiger partial charge in [0.2, 0.25) is 10.0 Å².